The lowest BCUT2D eigenvalue weighted by Crippen LogP contribution is -2.48. The summed E-state index contributed by atoms with van der Waals surface area (Å²) in [5.41, 5.74) is 0. The molecule has 1 unspecified atom stereocenters. The van der Waals surface area contributed by atoms with E-state index in [-0.39, 0.29) is 0 Å². The van der Waals surface area contributed by atoms with E-state index in [1.165, 1.54) is 4.31 Å². The van der Waals surface area contributed by atoms with E-state index in [4.69, 9.17) is 4.74 Å². The van der Waals surface area contributed by atoms with Gasteiger partial charge in [0.1, 0.15) is 0 Å². The lowest BCUT2D eigenvalue weighted by atomic mass is 10.1. The van der Waals surface area contributed by atoms with E-state index in [1.807, 2.05) is 4.90 Å². The van der Waals surface area contributed by atoms with Crippen molar-refractivity contribution in [2.75, 3.05) is 45.3 Å². The molecule has 1 aliphatic heterocycles. The topological polar surface area (TPSA) is 93.4 Å². The van der Waals surface area contributed by atoms with Crippen LogP contribution in [-0.4, -0.2) is 78.6 Å². The number of likely N-dealkylation sites (N-methyl/N-ethyl adjacent to an activating group) is 1. The monoisotopic (exact) mass is 318 g/mol. The molecule has 9 nitrogen and oxygen atoms in total. The summed E-state index contributed by atoms with van der Waals surface area (Å²) in [5.74, 6) is 0.606. The largest absolute Gasteiger partial charge is 0.383 e. The fourth-order valence-electron chi connectivity index (χ4n) is 2.46. The first-order chi connectivity index (χ1) is 9.96. The van der Waals surface area contributed by atoms with Crippen LogP contribution in [0.3, 0.4) is 0 Å². The lowest BCUT2D eigenvalue weighted by Gasteiger charge is -2.34. The first-order valence-electron chi connectivity index (χ1n) is 6.88. The quantitative estimate of drug-likeness (QED) is 0.670. The maximum Gasteiger partial charge on any atom is 0.245 e. The molecule has 1 aromatic rings. The number of rotatable bonds is 6. The number of hydrogen-bond donors (Lipinski definition) is 0. The van der Waals surface area contributed by atoms with Crippen LogP contribution < -0.4 is 4.90 Å². The number of anilines is 1. The fourth-order valence-corrected chi connectivity index (χ4v) is 4.13. The van der Waals surface area contributed by atoms with Gasteiger partial charge in [-0.3, -0.25) is 0 Å². The van der Waals surface area contributed by atoms with Crippen LogP contribution in [0, 0.1) is 0 Å². The third-order valence-corrected chi connectivity index (χ3v) is 6.00. The molecule has 10 heteroatoms. The molecule has 1 aliphatic rings. The minimum Gasteiger partial charge on any atom is -0.383 e. The highest BCUT2D eigenvalue weighted by Crippen LogP contribution is 2.22. The number of methoxy groups -OCH3 is 1. The van der Waals surface area contributed by atoms with Crippen molar-refractivity contribution in [3.05, 3.63) is 0 Å². The van der Waals surface area contributed by atoms with Crippen LogP contribution in [0.5, 0.6) is 0 Å². The Hall–Kier alpha value is -1.26. The van der Waals surface area contributed by atoms with Crippen LogP contribution in [0.15, 0.2) is 0 Å². The number of hydrogen-bond acceptors (Lipinski definition) is 7. The van der Waals surface area contributed by atoms with Crippen molar-refractivity contribution < 1.29 is 13.2 Å². The first-order valence-corrected chi connectivity index (χ1v) is 8.38. The maximum absolute atomic E-state index is 12.6. The second-order valence-electron chi connectivity index (χ2n) is 5.17. The lowest BCUT2D eigenvalue weighted by molar-refractivity contribution is 0.184. The molecule has 1 atom stereocenters. The number of piperidine rings is 1. The minimum atomic E-state index is -3.34. The highest BCUT2D eigenvalue weighted by Gasteiger charge is 2.34. The van der Waals surface area contributed by atoms with E-state index >= 15 is 0 Å². The van der Waals surface area contributed by atoms with Crippen LogP contribution in [0.4, 0.5) is 5.95 Å². The number of aryl methyl sites for hydroxylation is 1. The molecule has 0 spiro atoms. The zero-order valence-corrected chi connectivity index (χ0v) is 13.5. The van der Waals surface area contributed by atoms with Gasteiger partial charge in [0.15, 0.2) is 0 Å². The Morgan fingerprint density at radius 2 is 2.24 bits per heavy atom. The number of tetrazole rings is 1. The minimum absolute atomic E-state index is 0.362. The molecule has 0 saturated carbocycles. The molecule has 1 aromatic heterocycles. The van der Waals surface area contributed by atoms with Crippen molar-refractivity contribution in [2.24, 2.45) is 7.05 Å². The fraction of sp³-hybridized carbons (Fsp3) is 0.909. The Balaban J connectivity index is 2.08. The standard InChI is InChI=1S/C11H22N6O3S/c1-15(7-8-20-3)21(18,19)10-5-4-6-17(9-10)11-12-13-14-16(11)2/h10H,4-9H2,1-3H3. The van der Waals surface area contributed by atoms with Crippen LogP contribution in [0.25, 0.3) is 0 Å². The second-order valence-corrected chi connectivity index (χ2v) is 7.49. The molecule has 0 aliphatic carbocycles. The molecule has 1 fully saturated rings. The Morgan fingerprint density at radius 3 is 2.86 bits per heavy atom. The van der Waals surface area contributed by atoms with E-state index in [0.29, 0.717) is 32.1 Å². The summed E-state index contributed by atoms with van der Waals surface area (Å²) in [6.45, 7) is 1.93. The van der Waals surface area contributed by atoms with E-state index in [2.05, 4.69) is 15.5 Å². The van der Waals surface area contributed by atoms with Gasteiger partial charge in [0.05, 0.1) is 11.9 Å². The van der Waals surface area contributed by atoms with E-state index < -0.39 is 15.3 Å². The maximum atomic E-state index is 12.6. The van der Waals surface area contributed by atoms with Crippen LogP contribution in [0.1, 0.15) is 12.8 Å². The number of sulfonamides is 1. The van der Waals surface area contributed by atoms with Gasteiger partial charge in [0.2, 0.25) is 16.0 Å². The smallest absolute Gasteiger partial charge is 0.245 e. The van der Waals surface area contributed by atoms with Crippen molar-refractivity contribution in [1.82, 2.24) is 24.5 Å². The average molecular weight is 318 g/mol. The Bertz CT molecular complexity index is 560. The zero-order chi connectivity index (χ0) is 15.5. The molecule has 0 radical (unpaired) electrons. The summed E-state index contributed by atoms with van der Waals surface area (Å²) in [5, 5.41) is 10.9. The Morgan fingerprint density at radius 1 is 1.48 bits per heavy atom. The van der Waals surface area contributed by atoms with E-state index in [0.717, 1.165) is 13.0 Å². The molecule has 0 bridgehead atoms. The van der Waals surface area contributed by atoms with Crippen LogP contribution >= 0.6 is 0 Å². The summed E-state index contributed by atoms with van der Waals surface area (Å²) in [6, 6.07) is 0. The highest BCUT2D eigenvalue weighted by molar-refractivity contribution is 7.89. The highest BCUT2D eigenvalue weighted by atomic mass is 32.2. The molecule has 21 heavy (non-hydrogen) atoms. The van der Waals surface area contributed by atoms with Crippen LogP contribution in [0.2, 0.25) is 0 Å². The van der Waals surface area contributed by atoms with Gasteiger partial charge >= 0.3 is 0 Å². The summed E-state index contributed by atoms with van der Waals surface area (Å²) in [7, 11) is 1.56. The third-order valence-electron chi connectivity index (χ3n) is 3.72. The summed E-state index contributed by atoms with van der Waals surface area (Å²) in [4.78, 5) is 1.93. The van der Waals surface area contributed by atoms with Crippen molar-refractivity contribution >= 4 is 16.0 Å². The van der Waals surface area contributed by atoms with Crippen molar-refractivity contribution in [3.63, 3.8) is 0 Å². The van der Waals surface area contributed by atoms with Gasteiger partial charge in [-0.25, -0.2) is 17.4 Å². The summed E-state index contributed by atoms with van der Waals surface area (Å²) >= 11 is 0. The Labute approximate surface area is 124 Å². The van der Waals surface area contributed by atoms with E-state index in [9.17, 15) is 8.42 Å². The van der Waals surface area contributed by atoms with Crippen molar-refractivity contribution in [1.29, 1.82) is 0 Å². The normalized spacial score (nSPS) is 20.2. The number of nitrogens with zero attached hydrogens (tertiary/aromatic N) is 6. The molecule has 1 saturated heterocycles. The average Bonchev–Trinajstić information content (AvgIpc) is 2.91. The van der Waals surface area contributed by atoms with Crippen LogP contribution in [-0.2, 0) is 21.8 Å². The zero-order valence-electron chi connectivity index (χ0n) is 12.6. The first kappa shape index (κ1) is 16.1. The van der Waals surface area contributed by atoms with Gasteiger partial charge in [-0.1, -0.05) is 5.10 Å². The van der Waals surface area contributed by atoms with Crippen molar-refractivity contribution in [3.8, 4) is 0 Å². The van der Waals surface area contributed by atoms with Gasteiger partial charge in [-0.05, 0) is 23.3 Å². The Kier molecular flexibility index (Phi) is 5.12. The van der Waals surface area contributed by atoms with Gasteiger partial charge in [0, 0.05) is 40.8 Å². The SMILES string of the molecule is COCCN(C)S(=O)(=O)C1CCCN(c2nnnn2C)C1. The number of aromatic nitrogens is 4. The molecule has 120 valence electrons. The van der Waals surface area contributed by atoms with Crippen molar-refractivity contribution in [2.45, 2.75) is 18.1 Å². The summed E-state index contributed by atoms with van der Waals surface area (Å²) < 4.78 is 33.0. The van der Waals surface area contributed by atoms with Gasteiger partial charge in [0.25, 0.3) is 0 Å². The molecule has 0 aromatic carbocycles. The number of ether oxygens (including phenoxy) is 1. The predicted octanol–water partition coefficient (Wildman–Crippen LogP) is -0.913. The van der Waals surface area contributed by atoms with Gasteiger partial charge in [-0.2, -0.15) is 0 Å². The van der Waals surface area contributed by atoms with Gasteiger partial charge in [-0.15, -0.1) is 0 Å². The molecule has 2 rings (SSSR count). The molecule has 0 amide bonds. The molecule has 2 heterocycles. The molecular weight excluding hydrogens is 296 g/mol. The third kappa shape index (κ3) is 3.50. The molecule has 0 N–H and O–H groups in total. The van der Waals surface area contributed by atoms with Gasteiger partial charge < -0.3 is 9.64 Å². The second kappa shape index (κ2) is 6.67. The van der Waals surface area contributed by atoms with E-state index in [1.54, 1.807) is 25.9 Å². The predicted molar refractivity (Wildman–Crippen MR) is 77.5 cm³/mol. The summed E-state index contributed by atoms with van der Waals surface area (Å²) in [6.07, 6.45) is 1.45. The molecular formula is C11H22N6O3S.